The Morgan fingerprint density at radius 3 is 2.82 bits per heavy atom. The van der Waals surface area contributed by atoms with Crippen LogP contribution in [0.5, 0.6) is 0 Å². The molecule has 0 unspecified atom stereocenters. The summed E-state index contributed by atoms with van der Waals surface area (Å²) in [4.78, 5) is 4.55. The molecule has 3 rings (SSSR count). The Morgan fingerprint density at radius 1 is 1.24 bits per heavy atom. The molecule has 0 saturated carbocycles. The molecule has 1 aromatic carbocycles. The second kappa shape index (κ2) is 4.80. The number of benzene rings is 1. The van der Waals surface area contributed by atoms with Crippen molar-refractivity contribution in [3.63, 3.8) is 0 Å². The van der Waals surface area contributed by atoms with Gasteiger partial charge in [-0.25, -0.2) is 9.99 Å². The molecule has 3 nitrogen and oxygen atoms in total. The van der Waals surface area contributed by atoms with E-state index in [0.29, 0.717) is 0 Å². The number of hydrazine groups is 1. The molecule has 2 heterocycles. The van der Waals surface area contributed by atoms with E-state index in [1.807, 2.05) is 18.2 Å². The van der Waals surface area contributed by atoms with E-state index in [1.165, 1.54) is 19.3 Å². The molecule has 1 aromatic heterocycles. The average molecular weight is 268 g/mol. The fraction of sp³-hybridized carbons (Fsp3) is 0.417. The van der Waals surface area contributed by atoms with Crippen molar-refractivity contribution in [3.8, 4) is 0 Å². The summed E-state index contributed by atoms with van der Waals surface area (Å²) in [6, 6.07) is 5.85. The smallest absolute Gasteiger partial charge is 0.198 e. The number of nitrogens with zero attached hydrogens (tertiary/aromatic N) is 2. The van der Waals surface area contributed by atoms with Crippen LogP contribution in [-0.4, -0.2) is 23.1 Å². The summed E-state index contributed by atoms with van der Waals surface area (Å²) in [6.07, 6.45) is 3.86. The predicted octanol–water partition coefficient (Wildman–Crippen LogP) is 3.76. The second-order valence-electron chi connectivity index (χ2n) is 4.27. The Hall–Kier alpha value is -0.840. The van der Waals surface area contributed by atoms with Crippen LogP contribution in [0.4, 0.5) is 5.13 Å². The molecular weight excluding hydrogens is 254 g/mol. The zero-order valence-electron chi connectivity index (χ0n) is 9.45. The first-order chi connectivity index (χ1) is 8.33. The van der Waals surface area contributed by atoms with Crippen molar-refractivity contribution in [1.82, 2.24) is 9.99 Å². The van der Waals surface area contributed by atoms with Gasteiger partial charge in [0.25, 0.3) is 0 Å². The van der Waals surface area contributed by atoms with Gasteiger partial charge in [-0.2, -0.15) is 0 Å². The second-order valence-corrected chi connectivity index (χ2v) is 5.67. The minimum absolute atomic E-state index is 0.784. The fourth-order valence-corrected chi connectivity index (χ4v) is 3.29. The maximum absolute atomic E-state index is 6.14. The van der Waals surface area contributed by atoms with Crippen molar-refractivity contribution in [2.75, 3.05) is 18.5 Å². The number of fused-ring (bicyclic) bond motifs is 1. The third kappa shape index (κ3) is 2.39. The molecule has 2 aromatic rings. The number of aromatic nitrogens is 1. The first-order valence-electron chi connectivity index (χ1n) is 5.89. The minimum atomic E-state index is 0.784. The highest BCUT2D eigenvalue weighted by Gasteiger charge is 2.12. The number of rotatable bonds is 2. The molecule has 1 N–H and O–H groups in total. The SMILES string of the molecule is Clc1cccc2nc(NN3CCCCC3)sc12. The molecule has 0 atom stereocenters. The maximum Gasteiger partial charge on any atom is 0.198 e. The largest absolute Gasteiger partial charge is 0.294 e. The van der Waals surface area contributed by atoms with Crippen molar-refractivity contribution in [1.29, 1.82) is 0 Å². The highest BCUT2D eigenvalue weighted by molar-refractivity contribution is 7.22. The topological polar surface area (TPSA) is 28.2 Å². The number of thiazole rings is 1. The Labute approximate surface area is 109 Å². The number of hydrogen-bond acceptors (Lipinski definition) is 4. The fourth-order valence-electron chi connectivity index (χ4n) is 2.10. The van der Waals surface area contributed by atoms with Gasteiger partial charge in [-0.05, 0) is 25.0 Å². The van der Waals surface area contributed by atoms with E-state index in [0.717, 1.165) is 33.5 Å². The summed E-state index contributed by atoms with van der Waals surface area (Å²) in [7, 11) is 0. The van der Waals surface area contributed by atoms with Crippen LogP contribution in [0.15, 0.2) is 18.2 Å². The lowest BCUT2D eigenvalue weighted by atomic mass is 10.2. The maximum atomic E-state index is 6.14. The van der Waals surface area contributed by atoms with Gasteiger partial charge in [0.15, 0.2) is 5.13 Å². The number of piperidine rings is 1. The molecule has 1 saturated heterocycles. The zero-order valence-corrected chi connectivity index (χ0v) is 11.0. The van der Waals surface area contributed by atoms with Crippen LogP contribution >= 0.6 is 22.9 Å². The third-order valence-corrected chi connectivity index (χ3v) is 4.41. The van der Waals surface area contributed by atoms with Crippen LogP contribution in [0.2, 0.25) is 5.02 Å². The monoisotopic (exact) mass is 267 g/mol. The molecule has 0 aliphatic carbocycles. The molecule has 0 radical (unpaired) electrons. The van der Waals surface area contributed by atoms with Crippen LogP contribution in [0.25, 0.3) is 10.2 Å². The molecule has 0 amide bonds. The van der Waals surface area contributed by atoms with Crippen molar-refractivity contribution < 1.29 is 0 Å². The molecule has 1 aliphatic rings. The molecule has 0 bridgehead atoms. The number of halogens is 1. The molecule has 17 heavy (non-hydrogen) atoms. The van der Waals surface area contributed by atoms with Gasteiger partial charge in [0.2, 0.25) is 0 Å². The number of hydrogen-bond donors (Lipinski definition) is 1. The Morgan fingerprint density at radius 2 is 2.06 bits per heavy atom. The van der Waals surface area contributed by atoms with Crippen LogP contribution in [0.1, 0.15) is 19.3 Å². The first kappa shape index (κ1) is 11.3. The van der Waals surface area contributed by atoms with Crippen LogP contribution in [-0.2, 0) is 0 Å². The normalized spacial score (nSPS) is 17.5. The molecular formula is C12H14ClN3S. The lowest BCUT2D eigenvalue weighted by molar-refractivity contribution is 0.273. The van der Waals surface area contributed by atoms with Crippen molar-refractivity contribution in [2.45, 2.75) is 19.3 Å². The lowest BCUT2D eigenvalue weighted by Gasteiger charge is -2.26. The van der Waals surface area contributed by atoms with E-state index in [9.17, 15) is 0 Å². The standard InChI is InChI=1S/C12H14ClN3S/c13-9-5-4-6-10-11(9)17-12(14-10)15-16-7-2-1-3-8-16/h4-6H,1-3,7-8H2,(H,14,15). The molecule has 1 fully saturated rings. The molecule has 5 heteroatoms. The highest BCUT2D eigenvalue weighted by atomic mass is 35.5. The minimum Gasteiger partial charge on any atom is -0.294 e. The summed E-state index contributed by atoms with van der Waals surface area (Å²) in [6.45, 7) is 2.20. The molecule has 1 aliphatic heterocycles. The van der Waals surface area contributed by atoms with Gasteiger partial charge in [0, 0.05) is 13.1 Å². The summed E-state index contributed by atoms with van der Waals surface area (Å²) < 4.78 is 1.06. The Kier molecular flexibility index (Phi) is 3.18. The van der Waals surface area contributed by atoms with Crippen molar-refractivity contribution in [2.24, 2.45) is 0 Å². The zero-order chi connectivity index (χ0) is 11.7. The van der Waals surface area contributed by atoms with E-state index < -0.39 is 0 Å². The number of nitrogens with one attached hydrogen (secondary N) is 1. The van der Waals surface area contributed by atoms with Crippen molar-refractivity contribution in [3.05, 3.63) is 23.2 Å². The summed E-state index contributed by atoms with van der Waals surface area (Å²) in [5.41, 5.74) is 4.35. The Bertz CT molecular complexity index is 519. The Balaban J connectivity index is 1.83. The molecule has 90 valence electrons. The van der Waals surface area contributed by atoms with Gasteiger partial charge in [0.1, 0.15) is 0 Å². The summed E-state index contributed by atoms with van der Waals surface area (Å²) >= 11 is 7.76. The highest BCUT2D eigenvalue weighted by Crippen LogP contribution is 2.32. The summed E-state index contributed by atoms with van der Waals surface area (Å²) in [5, 5.41) is 3.97. The van der Waals surface area contributed by atoms with Crippen molar-refractivity contribution >= 4 is 38.3 Å². The van der Waals surface area contributed by atoms with Gasteiger partial charge in [0.05, 0.1) is 15.2 Å². The summed E-state index contributed by atoms with van der Waals surface area (Å²) in [5.74, 6) is 0. The van der Waals surface area contributed by atoms with Gasteiger partial charge >= 0.3 is 0 Å². The quantitative estimate of drug-likeness (QED) is 0.898. The third-order valence-electron chi connectivity index (χ3n) is 2.98. The van der Waals surface area contributed by atoms with Crippen LogP contribution < -0.4 is 5.43 Å². The van der Waals surface area contributed by atoms with E-state index in [4.69, 9.17) is 11.6 Å². The average Bonchev–Trinajstić information content (AvgIpc) is 2.74. The molecule has 0 spiro atoms. The van der Waals surface area contributed by atoms with Gasteiger partial charge in [-0.15, -0.1) is 0 Å². The van der Waals surface area contributed by atoms with E-state index >= 15 is 0 Å². The lowest BCUT2D eigenvalue weighted by Crippen LogP contribution is -2.34. The van der Waals surface area contributed by atoms with Crippen LogP contribution in [0, 0.1) is 0 Å². The van der Waals surface area contributed by atoms with Gasteiger partial charge in [-0.1, -0.05) is 35.4 Å². The van der Waals surface area contributed by atoms with Crippen LogP contribution in [0.3, 0.4) is 0 Å². The number of anilines is 1. The van der Waals surface area contributed by atoms with Gasteiger partial charge < -0.3 is 0 Å². The van der Waals surface area contributed by atoms with E-state index in [2.05, 4.69) is 15.4 Å². The first-order valence-corrected chi connectivity index (χ1v) is 7.09. The van der Waals surface area contributed by atoms with Gasteiger partial charge in [-0.3, -0.25) is 5.43 Å². The predicted molar refractivity (Wildman–Crippen MR) is 73.7 cm³/mol. The van der Waals surface area contributed by atoms with E-state index in [-0.39, 0.29) is 0 Å². The van der Waals surface area contributed by atoms with E-state index in [1.54, 1.807) is 11.3 Å².